The van der Waals surface area contributed by atoms with Crippen molar-refractivity contribution >= 4 is 17.2 Å². The minimum Gasteiger partial charge on any atom is -0.489 e. The van der Waals surface area contributed by atoms with Crippen LogP contribution in [0, 0.1) is 11.6 Å². The molecule has 2 nitrogen and oxygen atoms in total. The lowest BCUT2D eigenvalue weighted by molar-refractivity contribution is 0.297. The topological polar surface area (TPSA) is 35.2 Å². The average Bonchev–Trinajstić information content (AvgIpc) is 2.41. The molecule has 2 N–H and O–H groups in total. The van der Waals surface area contributed by atoms with Crippen molar-refractivity contribution in [2.75, 3.05) is 0 Å². The lowest BCUT2D eigenvalue weighted by Crippen LogP contribution is -2.09. The highest BCUT2D eigenvalue weighted by Gasteiger charge is 2.08. The molecule has 19 heavy (non-hydrogen) atoms. The maximum atomic E-state index is 13.4. The van der Waals surface area contributed by atoms with E-state index >= 15 is 0 Å². The molecule has 0 atom stereocenters. The smallest absolute Gasteiger partial charge is 0.165 e. The van der Waals surface area contributed by atoms with E-state index in [-0.39, 0.29) is 17.2 Å². The average molecular weight is 279 g/mol. The summed E-state index contributed by atoms with van der Waals surface area (Å²) < 4.78 is 31.8. The normalized spacial score (nSPS) is 10.2. The van der Waals surface area contributed by atoms with Gasteiger partial charge in [0, 0.05) is 11.1 Å². The van der Waals surface area contributed by atoms with Crippen molar-refractivity contribution in [2.24, 2.45) is 5.73 Å². The van der Waals surface area contributed by atoms with E-state index in [0.29, 0.717) is 11.3 Å². The van der Waals surface area contributed by atoms with Gasteiger partial charge < -0.3 is 10.5 Å². The summed E-state index contributed by atoms with van der Waals surface area (Å²) in [5, 5.41) is 0. The van der Waals surface area contributed by atoms with Crippen LogP contribution in [0.15, 0.2) is 42.5 Å². The lowest BCUT2D eigenvalue weighted by Gasteiger charge is -2.08. The highest BCUT2D eigenvalue weighted by molar-refractivity contribution is 7.80. The fraction of sp³-hybridized carbons (Fsp3) is 0.0714. The number of rotatable bonds is 4. The lowest BCUT2D eigenvalue weighted by atomic mass is 10.2. The molecule has 2 aromatic rings. The SMILES string of the molecule is NC(=S)c1cccc(OCc2cccc(F)c2F)c1. The molecule has 98 valence electrons. The largest absolute Gasteiger partial charge is 0.489 e. The van der Waals surface area contributed by atoms with Gasteiger partial charge in [-0.1, -0.05) is 36.5 Å². The monoisotopic (exact) mass is 279 g/mol. The fourth-order valence-electron chi connectivity index (χ4n) is 1.56. The van der Waals surface area contributed by atoms with Gasteiger partial charge in [0.05, 0.1) is 0 Å². The van der Waals surface area contributed by atoms with Crippen molar-refractivity contribution in [3.8, 4) is 5.75 Å². The molecule has 0 aliphatic heterocycles. The molecule has 0 bridgehead atoms. The van der Waals surface area contributed by atoms with Crippen molar-refractivity contribution in [2.45, 2.75) is 6.61 Å². The van der Waals surface area contributed by atoms with Crippen LogP contribution in [0.5, 0.6) is 5.75 Å². The molecule has 0 amide bonds. The second kappa shape index (κ2) is 5.75. The van der Waals surface area contributed by atoms with Crippen LogP contribution in [0.25, 0.3) is 0 Å². The highest BCUT2D eigenvalue weighted by atomic mass is 32.1. The Morgan fingerprint density at radius 3 is 2.63 bits per heavy atom. The summed E-state index contributed by atoms with van der Waals surface area (Å²) in [7, 11) is 0. The Bertz CT molecular complexity index is 616. The number of thiocarbonyl (C=S) groups is 1. The zero-order valence-electron chi connectivity index (χ0n) is 9.90. The van der Waals surface area contributed by atoms with Crippen LogP contribution in [0.4, 0.5) is 8.78 Å². The highest BCUT2D eigenvalue weighted by Crippen LogP contribution is 2.17. The van der Waals surface area contributed by atoms with Crippen molar-refractivity contribution in [3.05, 3.63) is 65.2 Å². The molecule has 0 aliphatic carbocycles. The van der Waals surface area contributed by atoms with Gasteiger partial charge in [0.1, 0.15) is 17.3 Å². The molecule has 0 aliphatic rings. The Hall–Kier alpha value is -2.01. The number of nitrogens with two attached hydrogens (primary N) is 1. The van der Waals surface area contributed by atoms with Gasteiger partial charge in [-0.15, -0.1) is 0 Å². The third kappa shape index (κ3) is 3.26. The molecule has 0 saturated carbocycles. The minimum absolute atomic E-state index is 0.0651. The fourth-order valence-corrected chi connectivity index (χ4v) is 1.69. The quantitative estimate of drug-likeness (QED) is 0.873. The number of hydrogen-bond acceptors (Lipinski definition) is 2. The first-order valence-corrected chi connectivity index (χ1v) is 5.94. The van der Waals surface area contributed by atoms with Crippen LogP contribution in [-0.4, -0.2) is 4.99 Å². The molecule has 0 radical (unpaired) electrons. The number of halogens is 2. The maximum absolute atomic E-state index is 13.4. The van der Waals surface area contributed by atoms with Gasteiger partial charge in [0.15, 0.2) is 11.6 Å². The molecule has 2 aromatic carbocycles. The second-order valence-electron chi connectivity index (χ2n) is 3.89. The van der Waals surface area contributed by atoms with E-state index in [2.05, 4.69) is 0 Å². The van der Waals surface area contributed by atoms with Crippen molar-refractivity contribution < 1.29 is 13.5 Å². The minimum atomic E-state index is -0.895. The first-order chi connectivity index (χ1) is 9.08. The van der Waals surface area contributed by atoms with E-state index in [4.69, 9.17) is 22.7 Å². The molecular formula is C14H11F2NOS. The summed E-state index contributed by atoms with van der Waals surface area (Å²) in [4.78, 5) is 0.252. The van der Waals surface area contributed by atoms with Crippen molar-refractivity contribution in [1.82, 2.24) is 0 Å². The van der Waals surface area contributed by atoms with Gasteiger partial charge in [-0.2, -0.15) is 0 Å². The molecule has 0 aromatic heterocycles. The van der Waals surface area contributed by atoms with Crippen molar-refractivity contribution in [1.29, 1.82) is 0 Å². The van der Waals surface area contributed by atoms with E-state index in [0.717, 1.165) is 6.07 Å². The van der Waals surface area contributed by atoms with E-state index < -0.39 is 11.6 Å². The van der Waals surface area contributed by atoms with Crippen LogP contribution in [0.3, 0.4) is 0 Å². The maximum Gasteiger partial charge on any atom is 0.165 e. The molecule has 2 rings (SSSR count). The van der Waals surface area contributed by atoms with Gasteiger partial charge in [-0.25, -0.2) is 8.78 Å². The Morgan fingerprint density at radius 2 is 1.89 bits per heavy atom. The number of ether oxygens (including phenoxy) is 1. The Morgan fingerprint density at radius 1 is 1.16 bits per heavy atom. The van der Waals surface area contributed by atoms with E-state index in [1.54, 1.807) is 24.3 Å². The summed E-state index contributed by atoms with van der Waals surface area (Å²) in [6.07, 6.45) is 0. The van der Waals surface area contributed by atoms with Crippen molar-refractivity contribution in [3.63, 3.8) is 0 Å². The number of hydrogen-bond donors (Lipinski definition) is 1. The molecule has 0 unspecified atom stereocenters. The van der Waals surface area contributed by atoms with Gasteiger partial charge in [0.25, 0.3) is 0 Å². The van der Waals surface area contributed by atoms with Gasteiger partial charge in [-0.05, 0) is 18.2 Å². The van der Waals surface area contributed by atoms with E-state index in [1.165, 1.54) is 12.1 Å². The number of benzene rings is 2. The first-order valence-electron chi connectivity index (χ1n) is 5.53. The third-order valence-electron chi connectivity index (χ3n) is 2.54. The van der Waals surface area contributed by atoms with Crippen LogP contribution in [0.1, 0.15) is 11.1 Å². The molecular weight excluding hydrogens is 268 g/mol. The van der Waals surface area contributed by atoms with E-state index in [9.17, 15) is 8.78 Å². The van der Waals surface area contributed by atoms with E-state index in [1.807, 2.05) is 0 Å². The second-order valence-corrected chi connectivity index (χ2v) is 4.33. The first kappa shape index (κ1) is 13.4. The molecule has 0 saturated heterocycles. The molecule has 0 spiro atoms. The molecule has 0 heterocycles. The van der Waals surface area contributed by atoms with Crippen LogP contribution >= 0.6 is 12.2 Å². The van der Waals surface area contributed by atoms with Gasteiger partial charge in [-0.3, -0.25) is 0 Å². The van der Waals surface area contributed by atoms with Gasteiger partial charge >= 0.3 is 0 Å². The summed E-state index contributed by atoms with van der Waals surface area (Å²) in [5.74, 6) is -1.29. The summed E-state index contributed by atoms with van der Waals surface area (Å²) in [6.45, 7) is -0.0651. The van der Waals surface area contributed by atoms with Crippen LogP contribution < -0.4 is 10.5 Å². The zero-order valence-corrected chi connectivity index (χ0v) is 10.7. The summed E-state index contributed by atoms with van der Waals surface area (Å²) in [6, 6.07) is 10.8. The molecule has 5 heteroatoms. The molecule has 0 fully saturated rings. The van der Waals surface area contributed by atoms with Crippen LogP contribution in [0.2, 0.25) is 0 Å². The predicted molar refractivity (Wildman–Crippen MR) is 73.0 cm³/mol. The van der Waals surface area contributed by atoms with Crippen LogP contribution in [-0.2, 0) is 6.61 Å². The summed E-state index contributed by atoms with van der Waals surface area (Å²) >= 11 is 4.85. The Labute approximate surface area is 114 Å². The standard InChI is InChI=1S/C14H11F2NOS/c15-12-6-2-4-10(13(12)16)8-18-11-5-1-3-9(7-11)14(17)19/h1-7H,8H2,(H2,17,19). The zero-order chi connectivity index (χ0) is 13.8. The predicted octanol–water partition coefficient (Wildman–Crippen LogP) is 3.18. The van der Waals surface area contributed by atoms with Gasteiger partial charge in [0.2, 0.25) is 0 Å². The summed E-state index contributed by atoms with van der Waals surface area (Å²) in [5.41, 5.74) is 6.31. The Balaban J connectivity index is 2.12. The Kier molecular flexibility index (Phi) is 4.06. The third-order valence-corrected chi connectivity index (χ3v) is 2.78.